The number of carbonyl (C=O) groups excluding carboxylic acids is 2. The predicted octanol–water partition coefficient (Wildman–Crippen LogP) is 3.05. The van der Waals surface area contributed by atoms with Gasteiger partial charge in [0, 0.05) is 11.3 Å². The van der Waals surface area contributed by atoms with Crippen LogP contribution in [0.25, 0.3) is 0 Å². The molecule has 6 nitrogen and oxygen atoms in total. The molecular formula is C18H18F3N3O3. The zero-order chi connectivity index (χ0) is 20.1. The molecule has 2 rings (SSSR count). The molecule has 144 valence electrons. The van der Waals surface area contributed by atoms with Crippen molar-refractivity contribution in [1.82, 2.24) is 10.3 Å². The number of rotatable bonds is 6. The molecule has 0 unspecified atom stereocenters. The Bertz CT molecular complexity index is 812. The summed E-state index contributed by atoms with van der Waals surface area (Å²) in [6.07, 6.45) is -5.21. The average Bonchev–Trinajstić information content (AvgIpc) is 2.61. The van der Waals surface area contributed by atoms with Crippen LogP contribution in [0, 0.1) is 6.92 Å². The van der Waals surface area contributed by atoms with Crippen LogP contribution in [-0.2, 0) is 9.53 Å². The lowest BCUT2D eigenvalue weighted by molar-refractivity contribution is -0.204. The number of esters is 1. The Labute approximate surface area is 153 Å². The number of amides is 1. The Kier molecular flexibility index (Phi) is 6.04. The number of benzene rings is 1. The van der Waals surface area contributed by atoms with Crippen LogP contribution in [0.5, 0.6) is 0 Å². The number of hydrogen-bond acceptors (Lipinski definition) is 5. The van der Waals surface area contributed by atoms with Crippen LogP contribution in [0.1, 0.15) is 23.0 Å². The number of alkyl halides is 3. The molecule has 0 aliphatic rings. The first-order valence-electron chi connectivity index (χ1n) is 8.03. The number of carbonyl (C=O) groups is 2. The van der Waals surface area contributed by atoms with Crippen LogP contribution in [0.4, 0.5) is 19.0 Å². The molecule has 0 fully saturated rings. The maximum absolute atomic E-state index is 14.0. The van der Waals surface area contributed by atoms with E-state index in [2.05, 4.69) is 9.72 Å². The summed E-state index contributed by atoms with van der Waals surface area (Å²) in [7, 11) is 0. The van der Waals surface area contributed by atoms with Crippen molar-refractivity contribution in [2.75, 3.05) is 11.9 Å². The number of pyridine rings is 1. The average molecular weight is 381 g/mol. The first kappa shape index (κ1) is 20.2. The first-order chi connectivity index (χ1) is 12.7. The predicted molar refractivity (Wildman–Crippen MR) is 91.9 cm³/mol. The molecule has 1 amide bonds. The van der Waals surface area contributed by atoms with Gasteiger partial charge in [0.2, 0.25) is 0 Å². The molecule has 0 radical (unpaired) electrons. The molecule has 0 spiro atoms. The summed E-state index contributed by atoms with van der Waals surface area (Å²) in [5, 5.41) is 3.77. The second kappa shape index (κ2) is 8.07. The van der Waals surface area contributed by atoms with Gasteiger partial charge in [-0.05, 0) is 38.1 Å². The Balaban J connectivity index is 2.50. The smallest absolute Gasteiger partial charge is 0.441 e. The van der Waals surface area contributed by atoms with Crippen molar-refractivity contribution < 1.29 is 27.5 Å². The maximum atomic E-state index is 14.0. The number of anilines is 1. The standard InChI is InChI=1S/C18H18F3N3O3/c1-3-27-16(26)17(18(19,20)21,23-14-11-7-8-12(2)22-14)24-15(25)13-9-5-4-6-10-13/h4-11H,3H2,1-2H3,(H,22,23)(H,24,25)/t17-/m1/s1. The first-order valence-corrected chi connectivity index (χ1v) is 8.03. The van der Waals surface area contributed by atoms with E-state index >= 15 is 0 Å². The lowest BCUT2D eigenvalue weighted by atomic mass is 10.1. The van der Waals surface area contributed by atoms with E-state index in [0.29, 0.717) is 5.69 Å². The Morgan fingerprint density at radius 1 is 1.07 bits per heavy atom. The monoisotopic (exact) mass is 381 g/mol. The number of ether oxygens (including phenoxy) is 1. The van der Waals surface area contributed by atoms with Gasteiger partial charge in [-0.25, -0.2) is 9.78 Å². The van der Waals surface area contributed by atoms with Crippen LogP contribution in [-0.4, -0.2) is 35.3 Å². The van der Waals surface area contributed by atoms with Crippen LogP contribution in [0.3, 0.4) is 0 Å². The molecule has 0 aliphatic carbocycles. The van der Waals surface area contributed by atoms with Gasteiger partial charge in [-0.2, -0.15) is 13.2 Å². The highest BCUT2D eigenvalue weighted by Gasteiger charge is 2.64. The van der Waals surface area contributed by atoms with Crippen LogP contribution in [0.2, 0.25) is 0 Å². The molecule has 2 aromatic rings. The summed E-state index contributed by atoms with van der Waals surface area (Å²) in [6.45, 7) is 2.64. The fraction of sp³-hybridized carbons (Fsp3) is 0.278. The van der Waals surface area contributed by atoms with Crippen LogP contribution < -0.4 is 10.6 Å². The second-order valence-electron chi connectivity index (χ2n) is 5.58. The topological polar surface area (TPSA) is 80.3 Å². The van der Waals surface area contributed by atoms with E-state index in [-0.39, 0.29) is 18.0 Å². The van der Waals surface area contributed by atoms with Gasteiger partial charge in [-0.15, -0.1) is 0 Å². The summed E-state index contributed by atoms with van der Waals surface area (Å²) < 4.78 is 46.6. The Morgan fingerprint density at radius 3 is 2.30 bits per heavy atom. The molecule has 27 heavy (non-hydrogen) atoms. The minimum atomic E-state index is -5.21. The van der Waals surface area contributed by atoms with E-state index in [4.69, 9.17) is 0 Å². The van der Waals surface area contributed by atoms with Crippen molar-refractivity contribution in [2.24, 2.45) is 0 Å². The van der Waals surface area contributed by atoms with Crippen molar-refractivity contribution in [3.63, 3.8) is 0 Å². The SMILES string of the molecule is CCOC(=O)[C@](NC(=O)c1ccccc1)(Nc1cccc(C)n1)C(F)(F)F. The highest BCUT2D eigenvalue weighted by molar-refractivity contribution is 5.99. The molecular weight excluding hydrogens is 363 g/mol. The van der Waals surface area contributed by atoms with Crippen molar-refractivity contribution in [1.29, 1.82) is 0 Å². The highest BCUT2D eigenvalue weighted by Crippen LogP contribution is 2.33. The molecule has 2 N–H and O–H groups in total. The van der Waals surface area contributed by atoms with Crippen molar-refractivity contribution >= 4 is 17.7 Å². The fourth-order valence-electron chi connectivity index (χ4n) is 2.27. The van der Waals surface area contributed by atoms with E-state index in [1.165, 1.54) is 43.3 Å². The van der Waals surface area contributed by atoms with E-state index in [9.17, 15) is 22.8 Å². The summed E-state index contributed by atoms with van der Waals surface area (Å²) in [6, 6.07) is 11.5. The lowest BCUT2D eigenvalue weighted by Crippen LogP contribution is -2.69. The minimum Gasteiger partial charge on any atom is -0.463 e. The number of aryl methyl sites for hydroxylation is 1. The van der Waals surface area contributed by atoms with Crippen molar-refractivity contribution in [3.05, 3.63) is 59.8 Å². The third-order valence-electron chi connectivity index (χ3n) is 3.55. The molecule has 1 atom stereocenters. The summed E-state index contributed by atoms with van der Waals surface area (Å²) >= 11 is 0. The zero-order valence-electron chi connectivity index (χ0n) is 14.6. The number of nitrogens with one attached hydrogen (secondary N) is 2. The molecule has 0 saturated heterocycles. The number of halogens is 3. The largest absolute Gasteiger partial charge is 0.463 e. The second-order valence-corrected chi connectivity index (χ2v) is 5.58. The van der Waals surface area contributed by atoms with Gasteiger partial charge in [-0.3, -0.25) is 4.79 Å². The Hall–Kier alpha value is -3.10. The van der Waals surface area contributed by atoms with E-state index in [1.54, 1.807) is 24.4 Å². The highest BCUT2D eigenvalue weighted by atomic mass is 19.4. The number of aromatic nitrogens is 1. The third-order valence-corrected chi connectivity index (χ3v) is 3.55. The molecule has 1 aromatic heterocycles. The molecule has 1 heterocycles. The minimum absolute atomic E-state index is 0.0468. The van der Waals surface area contributed by atoms with Gasteiger partial charge in [0.25, 0.3) is 5.91 Å². The molecule has 0 aliphatic heterocycles. The van der Waals surface area contributed by atoms with E-state index in [0.717, 1.165) is 0 Å². The quantitative estimate of drug-likeness (QED) is 0.594. The summed E-state index contributed by atoms with van der Waals surface area (Å²) in [4.78, 5) is 28.6. The normalized spacial score (nSPS) is 13.4. The van der Waals surface area contributed by atoms with Crippen LogP contribution in [0.15, 0.2) is 48.5 Å². The van der Waals surface area contributed by atoms with E-state index < -0.39 is 23.7 Å². The van der Waals surface area contributed by atoms with Crippen molar-refractivity contribution in [3.8, 4) is 0 Å². The maximum Gasteiger partial charge on any atom is 0.441 e. The molecule has 0 saturated carbocycles. The van der Waals surface area contributed by atoms with Gasteiger partial charge in [0.05, 0.1) is 6.61 Å². The summed E-state index contributed by atoms with van der Waals surface area (Å²) in [5.74, 6) is -3.03. The molecule has 9 heteroatoms. The fourth-order valence-corrected chi connectivity index (χ4v) is 2.27. The third kappa shape index (κ3) is 4.55. The van der Waals surface area contributed by atoms with Crippen molar-refractivity contribution in [2.45, 2.75) is 25.7 Å². The molecule has 1 aromatic carbocycles. The number of hydrogen-bond donors (Lipinski definition) is 2. The Morgan fingerprint density at radius 2 is 1.74 bits per heavy atom. The van der Waals surface area contributed by atoms with Crippen LogP contribution >= 0.6 is 0 Å². The zero-order valence-corrected chi connectivity index (χ0v) is 14.6. The van der Waals surface area contributed by atoms with E-state index in [1.807, 2.05) is 5.32 Å². The lowest BCUT2D eigenvalue weighted by Gasteiger charge is -2.35. The van der Waals surface area contributed by atoms with Gasteiger partial charge < -0.3 is 15.4 Å². The van der Waals surface area contributed by atoms with Gasteiger partial charge in [0.15, 0.2) is 0 Å². The number of nitrogens with zero attached hydrogens (tertiary/aromatic N) is 1. The summed E-state index contributed by atoms with van der Waals surface area (Å²) in [5.41, 5.74) is -3.12. The van der Waals surface area contributed by atoms with Gasteiger partial charge in [-0.1, -0.05) is 24.3 Å². The molecule has 0 bridgehead atoms. The van der Waals surface area contributed by atoms with Gasteiger partial charge in [0.1, 0.15) is 5.82 Å². The van der Waals surface area contributed by atoms with Gasteiger partial charge >= 0.3 is 17.8 Å².